The lowest BCUT2D eigenvalue weighted by Gasteiger charge is -2.47. The van der Waals surface area contributed by atoms with Gasteiger partial charge in [0.1, 0.15) is 49.0 Å². The third kappa shape index (κ3) is 20.0. The van der Waals surface area contributed by atoms with Crippen LogP contribution in [0.25, 0.3) is 0 Å². The maximum Gasteiger partial charge on any atom is 0.411 e. The zero-order chi connectivity index (χ0) is 72.6. The lowest BCUT2D eigenvalue weighted by molar-refractivity contribution is -0.337. The van der Waals surface area contributed by atoms with E-state index in [0.29, 0.717) is 35.4 Å². The number of rotatable bonds is 31. The Morgan fingerprint density at radius 2 is 1.58 bits per heavy atom. The van der Waals surface area contributed by atoms with Crippen LogP contribution in [-0.2, 0) is 71.3 Å². The molecule has 0 spiro atoms. The SMILES string of the molecule is CCN(C(=O)CO)[C@H]1CO[C@@H](O[C@H]2C(O)[C@H](NO[C@H]3CC(O)[C@H](SC(=O)c4c(C)c(I)c(O[C@@H]5OC(C)[C@H](O)[C@H](OC)C5O)c(OC)c4OC)C(C)O3)C(C)O[C@H]2O[C@H]2C#C/C=C\C#C[C@@]3(O)CC(=O)C(NC(=O)OC)=C2/C3=C\CSSC(C)(C)C(=O)CCCOCCOC)C[C@H]1OC. The number of methoxy groups -OCH3 is 6. The minimum absolute atomic E-state index is 0.00412. The molecule has 1 aromatic carbocycles. The number of hydroxylamine groups is 1. The van der Waals surface area contributed by atoms with E-state index in [4.69, 9.17) is 71.2 Å². The molecule has 33 heteroatoms. The number of aliphatic hydroxyl groups is 6. The number of hydrogen-bond acceptors (Lipinski definition) is 30. The van der Waals surface area contributed by atoms with Crippen molar-refractivity contribution in [2.75, 3.05) is 88.0 Å². The number of carbonyl (C=O) groups excluding carboxylic acids is 5. The molecule has 4 fully saturated rings. The van der Waals surface area contributed by atoms with Crippen molar-refractivity contribution in [3.63, 3.8) is 0 Å². The first-order valence-electron chi connectivity index (χ1n) is 32.1. The minimum Gasteiger partial charge on any atom is -0.492 e. The van der Waals surface area contributed by atoms with Crippen LogP contribution in [0.3, 0.4) is 0 Å². The van der Waals surface area contributed by atoms with Crippen molar-refractivity contribution in [1.29, 1.82) is 0 Å². The van der Waals surface area contributed by atoms with Crippen molar-refractivity contribution in [3.8, 4) is 40.9 Å². The van der Waals surface area contributed by atoms with E-state index in [0.717, 1.165) is 18.9 Å². The normalized spacial score (nSPS) is 32.4. The molecular formula is C66H92IN3O26S3. The third-order valence-electron chi connectivity index (χ3n) is 17.4. The fourth-order valence-electron chi connectivity index (χ4n) is 12.0. The van der Waals surface area contributed by atoms with E-state index in [-0.39, 0.29) is 83.6 Å². The quantitative estimate of drug-likeness (QED) is 0.0174. The summed E-state index contributed by atoms with van der Waals surface area (Å²) in [7, 11) is 10.7. The highest BCUT2D eigenvalue weighted by atomic mass is 127. The summed E-state index contributed by atoms with van der Waals surface area (Å²) in [4.78, 5) is 76.1. The van der Waals surface area contributed by atoms with Gasteiger partial charge in [-0.2, -0.15) is 5.48 Å². The van der Waals surface area contributed by atoms with Gasteiger partial charge in [-0.15, -0.1) is 0 Å². The molecule has 4 saturated heterocycles. The van der Waals surface area contributed by atoms with Gasteiger partial charge in [-0.25, -0.2) is 4.79 Å². The van der Waals surface area contributed by atoms with Crippen molar-refractivity contribution in [2.45, 2.75) is 201 Å². The second-order valence-corrected chi connectivity index (χ2v) is 29.5. The summed E-state index contributed by atoms with van der Waals surface area (Å²) in [5, 5.41) is 69.8. The molecule has 4 heterocycles. The van der Waals surface area contributed by atoms with Gasteiger partial charge in [-0.05, 0) is 95.2 Å². The molecule has 7 rings (SSSR count). The molecule has 2 bridgehead atoms. The summed E-state index contributed by atoms with van der Waals surface area (Å²) >= 11 is 2.77. The summed E-state index contributed by atoms with van der Waals surface area (Å²) < 4.78 is 82.6. The molecule has 6 aliphatic rings. The van der Waals surface area contributed by atoms with Crippen LogP contribution in [0.4, 0.5) is 4.79 Å². The van der Waals surface area contributed by atoms with E-state index in [1.54, 1.807) is 61.7 Å². The Kier molecular flexibility index (Phi) is 31.5. The summed E-state index contributed by atoms with van der Waals surface area (Å²) in [5.74, 6) is 10.3. The smallest absolute Gasteiger partial charge is 0.411 e. The molecule has 8 N–H and O–H groups in total. The van der Waals surface area contributed by atoms with Gasteiger partial charge in [0.05, 0.1) is 115 Å². The number of alkyl carbamates (subject to hydrolysis) is 1. The lowest BCUT2D eigenvalue weighted by atomic mass is 9.75. The van der Waals surface area contributed by atoms with Crippen molar-refractivity contribution in [3.05, 3.63) is 49.8 Å². The molecule has 2 aliphatic carbocycles. The highest BCUT2D eigenvalue weighted by Crippen LogP contribution is 2.49. The molecule has 2 amide bonds. The largest absolute Gasteiger partial charge is 0.492 e. The number of nitrogens with zero attached hydrogens (tertiary/aromatic N) is 1. The molecule has 29 nitrogen and oxygen atoms in total. The molecule has 0 saturated carbocycles. The number of fused-ring (bicyclic) bond motifs is 2. The molecule has 99 heavy (non-hydrogen) atoms. The number of thioether (sulfide) groups is 1. The highest BCUT2D eigenvalue weighted by Gasteiger charge is 2.53. The van der Waals surface area contributed by atoms with Crippen molar-refractivity contribution in [2.24, 2.45) is 0 Å². The second-order valence-electron chi connectivity index (χ2n) is 24.3. The molecular weight excluding hydrogens is 1470 g/mol. The van der Waals surface area contributed by atoms with E-state index >= 15 is 0 Å². The Labute approximate surface area is 601 Å². The Morgan fingerprint density at radius 1 is 0.859 bits per heavy atom. The van der Waals surface area contributed by atoms with Gasteiger partial charge in [0, 0.05) is 70.6 Å². The number of amides is 2. The number of aliphatic hydroxyl groups excluding tert-OH is 5. The van der Waals surface area contributed by atoms with Crippen LogP contribution >= 0.6 is 55.9 Å². The topological polar surface area (TPSA) is 372 Å². The van der Waals surface area contributed by atoms with Gasteiger partial charge in [-0.1, -0.05) is 63.1 Å². The molecule has 19 atom stereocenters. The van der Waals surface area contributed by atoms with Crippen LogP contribution in [0.15, 0.2) is 35.1 Å². The Hall–Kier alpha value is -4.23. The van der Waals surface area contributed by atoms with E-state index in [9.17, 15) is 54.6 Å². The second kappa shape index (κ2) is 38.0. The predicted molar refractivity (Wildman–Crippen MR) is 368 cm³/mol. The van der Waals surface area contributed by atoms with Crippen LogP contribution in [0.2, 0.25) is 0 Å². The fourth-order valence-corrected chi connectivity index (χ4v) is 16.2. The van der Waals surface area contributed by atoms with Crippen LogP contribution < -0.4 is 25.0 Å². The van der Waals surface area contributed by atoms with Gasteiger partial charge in [0.15, 0.2) is 41.8 Å². The van der Waals surface area contributed by atoms with Crippen LogP contribution in [0.5, 0.6) is 17.2 Å². The zero-order valence-electron chi connectivity index (χ0n) is 57.5. The number of halogens is 1. The number of nitrogens with one attached hydrogen (secondary N) is 2. The lowest BCUT2D eigenvalue weighted by Crippen LogP contribution is -2.65. The number of benzene rings is 1. The monoisotopic (exact) mass is 1570 g/mol. The van der Waals surface area contributed by atoms with E-state index in [1.807, 2.05) is 22.6 Å². The molecule has 552 valence electrons. The number of hydrogen-bond donors (Lipinski definition) is 8. The maximum absolute atomic E-state index is 14.5. The van der Waals surface area contributed by atoms with Crippen molar-refractivity contribution in [1.82, 2.24) is 15.7 Å². The Bertz CT molecular complexity index is 3200. The fraction of sp³-hybridized carbons (Fsp3) is 0.682. The molecule has 1 aromatic rings. The predicted octanol–water partition coefficient (Wildman–Crippen LogP) is 2.94. The summed E-state index contributed by atoms with van der Waals surface area (Å²) in [6, 6.07) is -1.88. The number of carbonyl (C=O) groups is 5. The van der Waals surface area contributed by atoms with Gasteiger partial charge >= 0.3 is 6.09 Å². The van der Waals surface area contributed by atoms with Gasteiger partial charge in [0.25, 0.3) is 0 Å². The maximum atomic E-state index is 14.5. The van der Waals surface area contributed by atoms with E-state index < -0.39 is 156 Å². The van der Waals surface area contributed by atoms with Crippen LogP contribution in [0, 0.1) is 34.2 Å². The average molecular weight is 1570 g/mol. The molecule has 4 aliphatic heterocycles. The number of ether oxygens (including phenoxy) is 14. The first kappa shape index (κ1) is 82.1. The number of ketones is 2. The number of Topliss-reactive ketones (excluding diaryl/α,β-unsaturated/α-hetero) is 2. The third-order valence-corrected chi connectivity index (χ3v) is 23.2. The van der Waals surface area contributed by atoms with Gasteiger partial charge < -0.3 is 102 Å². The Morgan fingerprint density at radius 3 is 2.23 bits per heavy atom. The first-order chi connectivity index (χ1) is 47.2. The first-order valence-corrected chi connectivity index (χ1v) is 36.4. The number of allylic oxidation sites excluding steroid dienone is 3. The number of likely N-dealkylation sites (N-methyl/N-ethyl adjacent to an activating group) is 1. The average Bonchev–Trinajstić information content (AvgIpc) is 0.760. The van der Waals surface area contributed by atoms with Crippen molar-refractivity contribution >= 4 is 84.6 Å². The zero-order valence-corrected chi connectivity index (χ0v) is 62.1. The van der Waals surface area contributed by atoms with E-state index in [1.165, 1.54) is 67.1 Å². The van der Waals surface area contributed by atoms with E-state index in [2.05, 4.69) is 34.5 Å². The molecule has 0 aromatic heterocycles. The standard InChI is InChI=1S/C66H92IN3O26S3/c1-14-70(44(75)31-71)38-32-89-45(29-42(38)83-9)94-58-53(77)50(69-96-46-28-39(72)60(36(5)90-46)98-61(79)47-33(2)49(67)56(59(86-12)55(47)84-10)95-62-54(78)57(85-11)52(76)35(4)92-62)34(3)91-63(58)93-41-20-17-15-16-18-23-66(81)30-40(73)51(68-64(80)87-13)48(41)37(66)22-27-97-99-65(6,7)43(74)21-19-24-88-26-25-82-8/h15-16,22,34-36,38-39,41-42,45-46,50,52-54,57-58,60,62-63,69,71-72,76-78,81H,14,19,21,24-32H2,1-13H3,(H,68,80)/b16-15-,37-22+/t34?,35?,36?,38-,39?,41-,42+,45-,46-,50+,52-,53?,54?,57-,58-,60+,62-,63-,66+/m0/s1. The summed E-state index contributed by atoms with van der Waals surface area (Å²) in [6.07, 6.45) is -15.4. The van der Waals surface area contributed by atoms with Crippen molar-refractivity contribution < 1.29 is 126 Å². The molecule has 0 radical (unpaired) electrons. The van der Waals surface area contributed by atoms with Crippen LogP contribution in [-0.4, -0.2) is 272 Å². The highest BCUT2D eigenvalue weighted by molar-refractivity contribution is 14.1. The van der Waals surface area contributed by atoms with Crippen LogP contribution in [0.1, 0.15) is 89.6 Å². The molecule has 6 unspecified atom stereocenters. The van der Waals surface area contributed by atoms with Gasteiger partial charge in [-0.3, -0.25) is 29.3 Å². The Balaban J connectivity index is 1.15. The summed E-state index contributed by atoms with van der Waals surface area (Å²) in [6.45, 7) is 12.3. The van der Waals surface area contributed by atoms with Gasteiger partial charge in [0.2, 0.25) is 23.1 Å². The summed E-state index contributed by atoms with van der Waals surface area (Å²) in [5.41, 5.74) is 0.681. The minimum atomic E-state index is -2.21.